The van der Waals surface area contributed by atoms with E-state index in [-0.39, 0.29) is 16.9 Å². The number of nitro benzene ring substituents is 1. The molecule has 4 nitrogen and oxygen atoms in total. The summed E-state index contributed by atoms with van der Waals surface area (Å²) in [5.74, 6) is 0. The first-order valence-electron chi connectivity index (χ1n) is 3.28. The third-order valence-electron chi connectivity index (χ3n) is 1.46. The van der Waals surface area contributed by atoms with Gasteiger partial charge < -0.3 is 5.73 Å². The van der Waals surface area contributed by atoms with Crippen LogP contribution in [0.1, 0.15) is 5.56 Å². The largest absolute Gasteiger partial charge is 0.326 e. The molecule has 0 aliphatic rings. The molecule has 1 aromatic carbocycles. The highest BCUT2D eigenvalue weighted by atomic mass is 35.5. The van der Waals surface area contributed by atoms with Crippen LogP contribution in [0, 0.1) is 10.1 Å². The van der Waals surface area contributed by atoms with Crippen LogP contribution in [0.2, 0.25) is 5.02 Å². The first-order chi connectivity index (χ1) is 5.65. The predicted octanol–water partition coefficient (Wildman–Crippen LogP) is 1.86. The number of nitrogens with two attached hydrogens (primary N) is 1. The summed E-state index contributed by atoms with van der Waals surface area (Å²) in [5, 5.41) is 10.9. The van der Waals surface area contributed by atoms with Gasteiger partial charge in [0.1, 0.15) is 0 Å². The second-order valence-electron chi connectivity index (χ2n) is 2.23. The van der Waals surface area contributed by atoms with Gasteiger partial charge in [-0.25, -0.2) is 0 Å². The van der Waals surface area contributed by atoms with E-state index in [1.165, 1.54) is 18.2 Å². The molecule has 13 heavy (non-hydrogen) atoms. The molecule has 0 amide bonds. The maximum absolute atomic E-state index is 10.4. The summed E-state index contributed by atoms with van der Waals surface area (Å²) in [6.07, 6.45) is 0. The van der Waals surface area contributed by atoms with Crippen molar-refractivity contribution in [1.82, 2.24) is 0 Å². The highest BCUT2D eigenvalue weighted by molar-refractivity contribution is 6.30. The molecule has 0 atom stereocenters. The average molecular weight is 207 g/mol. The summed E-state index contributed by atoms with van der Waals surface area (Å²) < 4.78 is 0. The second-order valence-corrected chi connectivity index (χ2v) is 2.67. The Labute approximate surface area is 78.8 Å². The molecule has 72 valence electrons. The zero-order chi connectivity index (χ0) is 9.14. The van der Waals surface area contributed by atoms with Crippen LogP contribution in [0.3, 0.4) is 0 Å². The minimum Gasteiger partial charge on any atom is -0.326 e. The smallest absolute Gasteiger partial charge is 0.273 e. The van der Waals surface area contributed by atoms with E-state index >= 15 is 0 Å². The van der Waals surface area contributed by atoms with Crippen LogP contribution in [0.4, 0.5) is 10.4 Å². The number of benzene rings is 1. The summed E-state index contributed by atoms with van der Waals surface area (Å²) in [7, 11) is 0. The van der Waals surface area contributed by atoms with Crippen LogP contribution in [0.5, 0.6) is 0 Å². The van der Waals surface area contributed by atoms with Crippen LogP contribution in [-0.2, 0) is 6.54 Å². The molecule has 2 N–H and O–H groups in total. The van der Waals surface area contributed by atoms with Crippen molar-refractivity contribution in [2.45, 2.75) is 6.54 Å². The van der Waals surface area contributed by atoms with Crippen molar-refractivity contribution in [3.8, 4) is 0 Å². The third-order valence-corrected chi connectivity index (χ3v) is 1.69. The van der Waals surface area contributed by atoms with E-state index in [1.807, 2.05) is 0 Å². The molecule has 0 aliphatic carbocycles. The predicted molar refractivity (Wildman–Crippen MR) is 48.5 cm³/mol. The van der Waals surface area contributed by atoms with E-state index in [9.17, 15) is 10.1 Å². The molecule has 0 bridgehead atoms. The lowest BCUT2D eigenvalue weighted by molar-refractivity contribution is -0.385. The molecule has 0 radical (unpaired) electrons. The Morgan fingerprint density at radius 1 is 1.54 bits per heavy atom. The monoisotopic (exact) mass is 206 g/mol. The van der Waals surface area contributed by atoms with Gasteiger partial charge in [0.2, 0.25) is 0 Å². The lowest BCUT2D eigenvalue weighted by Crippen LogP contribution is -2.01. The highest BCUT2D eigenvalue weighted by Gasteiger charge is 2.11. The van der Waals surface area contributed by atoms with Crippen molar-refractivity contribution in [3.63, 3.8) is 0 Å². The van der Waals surface area contributed by atoms with Gasteiger partial charge in [-0.05, 0) is 12.1 Å². The zero-order valence-electron chi connectivity index (χ0n) is 6.57. The fraction of sp³-hybridized carbons (Fsp3) is 0.143. The standard InChI is InChI=1S/C7H7ClN2O2.FH/c8-6-1-2-7(10(11)12)5(3-6)4-9;/h1-3H,4,9H2;1H. The van der Waals surface area contributed by atoms with E-state index in [2.05, 4.69) is 0 Å². The molecule has 0 saturated carbocycles. The fourth-order valence-corrected chi connectivity index (χ4v) is 1.09. The van der Waals surface area contributed by atoms with Gasteiger partial charge in [-0.1, -0.05) is 11.6 Å². The Morgan fingerprint density at radius 3 is 2.62 bits per heavy atom. The van der Waals surface area contributed by atoms with E-state index in [0.717, 1.165) is 0 Å². The zero-order valence-corrected chi connectivity index (χ0v) is 7.32. The second kappa shape index (κ2) is 4.74. The highest BCUT2D eigenvalue weighted by Crippen LogP contribution is 2.21. The van der Waals surface area contributed by atoms with E-state index < -0.39 is 4.92 Å². The SMILES string of the molecule is F.NCc1cc(Cl)ccc1[N+](=O)[O-]. The fourth-order valence-electron chi connectivity index (χ4n) is 0.896. The maximum Gasteiger partial charge on any atom is 0.273 e. The Balaban J connectivity index is 0.00000144. The van der Waals surface area contributed by atoms with Crippen molar-refractivity contribution in [3.05, 3.63) is 38.9 Å². The van der Waals surface area contributed by atoms with Crippen molar-refractivity contribution in [1.29, 1.82) is 0 Å². The summed E-state index contributed by atoms with van der Waals surface area (Å²) >= 11 is 5.62. The van der Waals surface area contributed by atoms with Crippen molar-refractivity contribution in [2.75, 3.05) is 0 Å². The molecular formula is C7H8ClFN2O2. The minimum atomic E-state index is -0.474. The van der Waals surface area contributed by atoms with Gasteiger partial charge in [-0.15, -0.1) is 0 Å². The number of hydrogen-bond acceptors (Lipinski definition) is 3. The quantitative estimate of drug-likeness (QED) is 0.593. The van der Waals surface area contributed by atoms with Crippen LogP contribution in [-0.4, -0.2) is 4.92 Å². The van der Waals surface area contributed by atoms with Crippen LogP contribution < -0.4 is 5.73 Å². The summed E-state index contributed by atoms with van der Waals surface area (Å²) in [4.78, 5) is 9.93. The Bertz CT molecular complexity index is 319. The molecule has 0 saturated heterocycles. The van der Waals surface area contributed by atoms with Crippen molar-refractivity contribution in [2.24, 2.45) is 5.73 Å². The number of nitro groups is 1. The van der Waals surface area contributed by atoms with Gasteiger partial charge in [-0.3, -0.25) is 14.8 Å². The molecule has 0 aromatic heterocycles. The number of rotatable bonds is 2. The molecule has 0 aliphatic heterocycles. The normalized spacial score (nSPS) is 9.08. The minimum absolute atomic E-state index is 0. The lowest BCUT2D eigenvalue weighted by Gasteiger charge is -1.98. The Hall–Kier alpha value is -1.20. The van der Waals surface area contributed by atoms with Gasteiger partial charge in [0.05, 0.1) is 4.92 Å². The van der Waals surface area contributed by atoms with Crippen molar-refractivity contribution >= 4 is 17.3 Å². The molecule has 1 aromatic rings. The van der Waals surface area contributed by atoms with Gasteiger partial charge in [0.25, 0.3) is 5.69 Å². The van der Waals surface area contributed by atoms with Gasteiger partial charge in [0, 0.05) is 23.2 Å². The number of halogens is 2. The molecule has 0 unspecified atom stereocenters. The molecule has 1 rings (SSSR count). The average Bonchev–Trinajstić information content (AvgIpc) is 2.03. The molecule has 0 heterocycles. The van der Waals surface area contributed by atoms with E-state index in [0.29, 0.717) is 10.6 Å². The molecular weight excluding hydrogens is 199 g/mol. The molecule has 0 fully saturated rings. The van der Waals surface area contributed by atoms with E-state index in [4.69, 9.17) is 17.3 Å². The van der Waals surface area contributed by atoms with E-state index in [1.54, 1.807) is 0 Å². The third kappa shape index (κ3) is 2.64. The first-order valence-corrected chi connectivity index (χ1v) is 3.66. The number of hydrogen-bond donors (Lipinski definition) is 1. The Kier molecular flexibility index (Phi) is 4.30. The van der Waals surface area contributed by atoms with Gasteiger partial charge in [-0.2, -0.15) is 0 Å². The lowest BCUT2D eigenvalue weighted by atomic mass is 10.2. The van der Waals surface area contributed by atoms with Gasteiger partial charge >= 0.3 is 0 Å². The summed E-state index contributed by atoms with van der Waals surface area (Å²) in [6.45, 7) is 0.122. The number of nitrogens with zero attached hydrogens (tertiary/aromatic N) is 1. The van der Waals surface area contributed by atoms with Crippen molar-refractivity contribution < 1.29 is 9.63 Å². The molecule has 0 spiro atoms. The van der Waals surface area contributed by atoms with Crippen LogP contribution >= 0.6 is 11.6 Å². The van der Waals surface area contributed by atoms with Gasteiger partial charge in [0.15, 0.2) is 0 Å². The van der Waals surface area contributed by atoms with Crippen LogP contribution in [0.25, 0.3) is 0 Å². The molecule has 6 heteroatoms. The topological polar surface area (TPSA) is 69.2 Å². The van der Waals surface area contributed by atoms with Crippen LogP contribution in [0.15, 0.2) is 18.2 Å². The Morgan fingerprint density at radius 2 is 2.15 bits per heavy atom. The maximum atomic E-state index is 10.4. The first kappa shape index (κ1) is 11.8. The summed E-state index contributed by atoms with van der Waals surface area (Å²) in [6, 6.07) is 4.32. The summed E-state index contributed by atoms with van der Waals surface area (Å²) in [5.41, 5.74) is 5.76.